The zero-order valence-corrected chi connectivity index (χ0v) is 13.3. The van der Waals surface area contributed by atoms with E-state index in [1.54, 1.807) is 7.11 Å². The third kappa shape index (κ3) is 3.59. The molecule has 0 radical (unpaired) electrons. The minimum atomic E-state index is -0.0129. The minimum Gasteiger partial charge on any atom is -0.497 e. The summed E-state index contributed by atoms with van der Waals surface area (Å²) >= 11 is 0. The smallest absolute Gasteiger partial charge is 0.243 e. The van der Waals surface area contributed by atoms with Gasteiger partial charge in [0.2, 0.25) is 5.91 Å². The van der Waals surface area contributed by atoms with Crippen LogP contribution >= 0.6 is 0 Å². The Morgan fingerprint density at radius 1 is 1.17 bits per heavy atom. The lowest BCUT2D eigenvalue weighted by Gasteiger charge is -2.05. The first-order chi connectivity index (χ1) is 11.2. The second-order valence-electron chi connectivity index (χ2n) is 5.76. The van der Waals surface area contributed by atoms with E-state index >= 15 is 0 Å². The van der Waals surface area contributed by atoms with Gasteiger partial charge in [0.1, 0.15) is 5.75 Å². The number of methoxy groups -OCH3 is 1. The molecule has 4 heteroatoms. The third-order valence-electron chi connectivity index (χ3n) is 4.18. The SMILES string of the molecule is COc1cccc(/C(C)=N/NC(=O)[C@@H]2C[C@H]2c2ccccc2)c1. The van der Waals surface area contributed by atoms with Gasteiger partial charge in [0.15, 0.2) is 0 Å². The summed E-state index contributed by atoms with van der Waals surface area (Å²) in [4.78, 5) is 12.2. The molecule has 1 aliphatic rings. The predicted octanol–water partition coefficient (Wildman–Crippen LogP) is 3.34. The fourth-order valence-corrected chi connectivity index (χ4v) is 2.69. The van der Waals surface area contributed by atoms with Crippen LogP contribution in [-0.4, -0.2) is 18.7 Å². The van der Waals surface area contributed by atoms with Crippen LogP contribution in [0.5, 0.6) is 5.75 Å². The molecule has 1 aliphatic carbocycles. The van der Waals surface area contributed by atoms with Crippen molar-refractivity contribution in [3.05, 3.63) is 65.7 Å². The van der Waals surface area contributed by atoms with E-state index in [-0.39, 0.29) is 11.8 Å². The van der Waals surface area contributed by atoms with Crippen molar-refractivity contribution in [2.24, 2.45) is 11.0 Å². The van der Waals surface area contributed by atoms with Crippen LogP contribution < -0.4 is 10.2 Å². The highest BCUT2D eigenvalue weighted by molar-refractivity contribution is 5.99. The number of nitrogens with one attached hydrogen (secondary N) is 1. The molecule has 0 bridgehead atoms. The maximum atomic E-state index is 12.2. The molecule has 1 amide bonds. The summed E-state index contributed by atoms with van der Waals surface area (Å²) in [6, 6.07) is 17.8. The van der Waals surface area contributed by atoms with Gasteiger partial charge < -0.3 is 4.74 Å². The molecule has 1 fully saturated rings. The molecule has 0 heterocycles. The summed E-state index contributed by atoms with van der Waals surface area (Å²) in [5, 5.41) is 4.22. The molecule has 0 aliphatic heterocycles. The van der Waals surface area contributed by atoms with Gasteiger partial charge in [-0.05, 0) is 37.0 Å². The topological polar surface area (TPSA) is 50.7 Å². The van der Waals surface area contributed by atoms with Crippen molar-refractivity contribution in [3.63, 3.8) is 0 Å². The maximum absolute atomic E-state index is 12.2. The van der Waals surface area contributed by atoms with Gasteiger partial charge in [-0.1, -0.05) is 42.5 Å². The highest BCUT2D eigenvalue weighted by Crippen LogP contribution is 2.47. The fourth-order valence-electron chi connectivity index (χ4n) is 2.69. The van der Waals surface area contributed by atoms with Crippen molar-refractivity contribution >= 4 is 11.6 Å². The number of nitrogens with zero attached hydrogens (tertiary/aromatic N) is 1. The zero-order valence-electron chi connectivity index (χ0n) is 13.3. The van der Waals surface area contributed by atoms with Gasteiger partial charge in [-0.15, -0.1) is 0 Å². The van der Waals surface area contributed by atoms with Crippen molar-refractivity contribution in [2.45, 2.75) is 19.3 Å². The molecular weight excluding hydrogens is 288 g/mol. The van der Waals surface area contributed by atoms with E-state index in [4.69, 9.17) is 4.74 Å². The quantitative estimate of drug-likeness (QED) is 0.680. The lowest BCUT2D eigenvalue weighted by molar-refractivity contribution is -0.122. The van der Waals surface area contributed by atoms with E-state index in [9.17, 15) is 4.79 Å². The average Bonchev–Trinajstić information content (AvgIpc) is 3.41. The van der Waals surface area contributed by atoms with E-state index in [2.05, 4.69) is 22.7 Å². The first kappa shape index (κ1) is 15.3. The predicted molar refractivity (Wildman–Crippen MR) is 90.6 cm³/mol. The maximum Gasteiger partial charge on any atom is 0.243 e. The largest absolute Gasteiger partial charge is 0.497 e. The van der Waals surface area contributed by atoms with Crippen LogP contribution in [-0.2, 0) is 4.79 Å². The molecule has 2 atom stereocenters. The number of hydrogen-bond donors (Lipinski definition) is 1. The Labute approximate surface area is 136 Å². The number of carbonyl (C=O) groups excluding carboxylic acids is 1. The number of benzene rings is 2. The van der Waals surface area contributed by atoms with Gasteiger partial charge in [0.25, 0.3) is 0 Å². The van der Waals surface area contributed by atoms with Crippen molar-refractivity contribution in [3.8, 4) is 5.75 Å². The fraction of sp³-hybridized carbons (Fsp3) is 0.263. The van der Waals surface area contributed by atoms with Gasteiger partial charge in [-0.3, -0.25) is 4.79 Å². The van der Waals surface area contributed by atoms with Crippen molar-refractivity contribution < 1.29 is 9.53 Å². The third-order valence-corrected chi connectivity index (χ3v) is 4.18. The van der Waals surface area contributed by atoms with Crippen molar-refractivity contribution in [1.29, 1.82) is 0 Å². The number of hydrazone groups is 1. The molecule has 0 aromatic heterocycles. The summed E-state index contributed by atoms with van der Waals surface area (Å²) in [6.07, 6.45) is 0.892. The molecule has 0 spiro atoms. The van der Waals surface area contributed by atoms with Crippen molar-refractivity contribution in [1.82, 2.24) is 5.43 Å². The Morgan fingerprint density at radius 2 is 1.96 bits per heavy atom. The number of hydrogen-bond acceptors (Lipinski definition) is 3. The van der Waals surface area contributed by atoms with Gasteiger partial charge in [0.05, 0.1) is 12.8 Å². The van der Waals surface area contributed by atoms with Gasteiger partial charge in [0, 0.05) is 11.5 Å². The molecule has 3 rings (SSSR count). The van der Waals surface area contributed by atoms with Crippen LogP contribution in [0.3, 0.4) is 0 Å². The second kappa shape index (κ2) is 6.65. The Balaban J connectivity index is 1.60. The van der Waals surface area contributed by atoms with Crippen LogP contribution in [0.4, 0.5) is 0 Å². The van der Waals surface area contributed by atoms with E-state index in [0.29, 0.717) is 5.92 Å². The first-order valence-corrected chi connectivity index (χ1v) is 7.72. The molecule has 1 saturated carbocycles. The van der Waals surface area contributed by atoms with E-state index < -0.39 is 0 Å². The molecule has 1 N–H and O–H groups in total. The van der Waals surface area contributed by atoms with Crippen LogP contribution in [0.1, 0.15) is 30.4 Å². The molecule has 2 aromatic rings. The monoisotopic (exact) mass is 308 g/mol. The highest BCUT2D eigenvalue weighted by Gasteiger charge is 2.43. The molecule has 23 heavy (non-hydrogen) atoms. The van der Waals surface area contributed by atoms with Crippen LogP contribution in [0.25, 0.3) is 0 Å². The number of ether oxygens (including phenoxy) is 1. The molecular formula is C19H20N2O2. The molecule has 4 nitrogen and oxygen atoms in total. The minimum absolute atomic E-state index is 0.0129. The van der Waals surface area contributed by atoms with Crippen LogP contribution in [0.15, 0.2) is 59.7 Å². The average molecular weight is 308 g/mol. The van der Waals surface area contributed by atoms with Crippen LogP contribution in [0, 0.1) is 5.92 Å². The van der Waals surface area contributed by atoms with E-state index in [1.165, 1.54) is 5.56 Å². The van der Waals surface area contributed by atoms with Gasteiger partial charge in [-0.25, -0.2) is 5.43 Å². The Hall–Kier alpha value is -2.62. The summed E-state index contributed by atoms with van der Waals surface area (Å²) in [7, 11) is 1.63. The lowest BCUT2D eigenvalue weighted by Crippen LogP contribution is -2.21. The highest BCUT2D eigenvalue weighted by atomic mass is 16.5. The van der Waals surface area contributed by atoms with E-state index in [1.807, 2.05) is 49.4 Å². The normalized spacial score (nSPS) is 20.0. The Bertz CT molecular complexity index is 725. The summed E-state index contributed by atoms with van der Waals surface area (Å²) < 4.78 is 5.20. The molecule has 0 saturated heterocycles. The molecule has 2 aromatic carbocycles. The molecule has 0 unspecified atom stereocenters. The standard InChI is InChI=1S/C19H20N2O2/c1-13(15-9-6-10-16(11-15)23-2)20-21-19(22)18-12-17(18)14-7-4-3-5-8-14/h3-11,17-18H,12H2,1-2H3,(H,21,22)/b20-13+/t17-,18+/m0/s1. The summed E-state index contributed by atoms with van der Waals surface area (Å²) in [6.45, 7) is 1.87. The summed E-state index contributed by atoms with van der Waals surface area (Å²) in [5.74, 6) is 1.11. The molecule has 118 valence electrons. The lowest BCUT2D eigenvalue weighted by atomic mass is 10.1. The Kier molecular flexibility index (Phi) is 4.42. The van der Waals surface area contributed by atoms with Gasteiger partial charge >= 0.3 is 0 Å². The zero-order chi connectivity index (χ0) is 16.2. The summed E-state index contributed by atoms with van der Waals surface area (Å²) in [5.41, 5.74) is 5.60. The van der Waals surface area contributed by atoms with Crippen LogP contribution in [0.2, 0.25) is 0 Å². The van der Waals surface area contributed by atoms with Crippen molar-refractivity contribution in [2.75, 3.05) is 7.11 Å². The number of rotatable bonds is 5. The van der Waals surface area contributed by atoms with E-state index in [0.717, 1.165) is 23.4 Å². The first-order valence-electron chi connectivity index (χ1n) is 7.72. The number of carbonyl (C=O) groups is 1. The van der Waals surface area contributed by atoms with Gasteiger partial charge in [-0.2, -0.15) is 5.10 Å². The second-order valence-corrected chi connectivity index (χ2v) is 5.76. The Morgan fingerprint density at radius 3 is 2.70 bits per heavy atom. The number of amides is 1.